The molecule has 39 heavy (non-hydrogen) atoms. The molecule has 196 valence electrons. The average molecular weight is 528 g/mol. The SMILES string of the molecule is CC(C)n1cc(-c2nn([C@H](C)c3nc4ccc(F)cn4c(=O)c3-c3cccc(F)c3)c3ncnc(N)c23)cn1. The maximum Gasteiger partial charge on any atom is 0.266 e. The molecule has 12 heteroatoms. The van der Waals surface area contributed by atoms with Crippen LogP contribution >= 0.6 is 0 Å². The maximum atomic E-state index is 14.3. The number of nitrogens with two attached hydrogens (primary N) is 1. The van der Waals surface area contributed by atoms with Gasteiger partial charge in [0, 0.05) is 24.0 Å². The standard InChI is InChI=1S/C27H23F2N9O/c1-14(2)37-11-17(10-33-37)24-22-25(30)31-13-32-26(22)38(35-24)15(3)23-21(16-5-4-6-18(28)9-16)27(39)36-12-19(29)7-8-20(36)34-23/h4-15H,1-3H3,(H2,30,31,32)/t15-/m1/s1. The van der Waals surface area contributed by atoms with Crippen molar-refractivity contribution >= 4 is 22.5 Å². The van der Waals surface area contributed by atoms with Gasteiger partial charge >= 0.3 is 0 Å². The molecule has 5 heterocycles. The van der Waals surface area contributed by atoms with Crippen LogP contribution in [0, 0.1) is 11.6 Å². The van der Waals surface area contributed by atoms with Crippen molar-refractivity contribution in [1.29, 1.82) is 0 Å². The lowest BCUT2D eigenvalue weighted by Gasteiger charge is -2.18. The largest absolute Gasteiger partial charge is 0.383 e. The Bertz CT molecular complexity index is 1940. The fraction of sp³-hybridized carbons (Fsp3) is 0.185. The third kappa shape index (κ3) is 4.00. The lowest BCUT2D eigenvalue weighted by molar-refractivity contribution is 0.532. The fourth-order valence-corrected chi connectivity index (χ4v) is 4.67. The molecule has 0 saturated heterocycles. The second-order valence-corrected chi connectivity index (χ2v) is 9.49. The molecule has 0 fully saturated rings. The van der Waals surface area contributed by atoms with Gasteiger partial charge < -0.3 is 5.73 Å². The Morgan fingerprint density at radius 2 is 1.79 bits per heavy atom. The summed E-state index contributed by atoms with van der Waals surface area (Å²) in [5.74, 6) is -0.892. The quantitative estimate of drug-likeness (QED) is 0.352. The minimum absolute atomic E-state index is 0.116. The minimum atomic E-state index is -0.670. The third-order valence-electron chi connectivity index (χ3n) is 6.61. The van der Waals surface area contributed by atoms with Crippen LogP contribution in [0.2, 0.25) is 0 Å². The first-order valence-corrected chi connectivity index (χ1v) is 12.2. The summed E-state index contributed by atoms with van der Waals surface area (Å²) in [5.41, 5.74) is 8.36. The molecule has 5 aromatic heterocycles. The van der Waals surface area contributed by atoms with Crippen LogP contribution in [0.3, 0.4) is 0 Å². The molecule has 0 spiro atoms. The molecule has 1 atom stereocenters. The van der Waals surface area contributed by atoms with Crippen molar-refractivity contribution in [1.82, 2.24) is 38.9 Å². The highest BCUT2D eigenvalue weighted by molar-refractivity contribution is 5.98. The number of nitrogens with zero attached hydrogens (tertiary/aromatic N) is 8. The molecule has 0 aliphatic heterocycles. The summed E-state index contributed by atoms with van der Waals surface area (Å²) in [6.45, 7) is 5.82. The van der Waals surface area contributed by atoms with Gasteiger partial charge in [0.05, 0.1) is 28.9 Å². The van der Waals surface area contributed by atoms with Crippen molar-refractivity contribution in [3.8, 4) is 22.4 Å². The molecule has 0 amide bonds. The van der Waals surface area contributed by atoms with Crippen molar-refractivity contribution in [3.63, 3.8) is 0 Å². The van der Waals surface area contributed by atoms with E-state index in [9.17, 15) is 13.6 Å². The van der Waals surface area contributed by atoms with Crippen molar-refractivity contribution in [2.75, 3.05) is 5.73 Å². The van der Waals surface area contributed by atoms with Crippen LogP contribution in [-0.4, -0.2) is 38.9 Å². The summed E-state index contributed by atoms with van der Waals surface area (Å²) in [4.78, 5) is 27.0. The molecule has 10 nitrogen and oxygen atoms in total. The van der Waals surface area contributed by atoms with Gasteiger partial charge in [-0.25, -0.2) is 28.4 Å². The van der Waals surface area contributed by atoms with Gasteiger partial charge in [-0.2, -0.15) is 10.2 Å². The molecular formula is C27H23F2N9O. The number of hydrogen-bond donors (Lipinski definition) is 1. The lowest BCUT2D eigenvalue weighted by Crippen LogP contribution is -2.23. The maximum absolute atomic E-state index is 14.3. The van der Waals surface area contributed by atoms with E-state index in [0.29, 0.717) is 33.5 Å². The number of halogens is 2. The van der Waals surface area contributed by atoms with Crippen molar-refractivity contribution in [2.24, 2.45) is 0 Å². The Morgan fingerprint density at radius 3 is 2.54 bits per heavy atom. The van der Waals surface area contributed by atoms with E-state index in [4.69, 9.17) is 15.8 Å². The second-order valence-electron chi connectivity index (χ2n) is 9.49. The number of aromatic nitrogens is 8. The number of nitrogen functional groups attached to an aromatic ring is 1. The van der Waals surface area contributed by atoms with Crippen molar-refractivity contribution < 1.29 is 8.78 Å². The predicted molar refractivity (Wildman–Crippen MR) is 142 cm³/mol. The van der Waals surface area contributed by atoms with Gasteiger partial charge in [0.15, 0.2) is 5.65 Å². The summed E-state index contributed by atoms with van der Waals surface area (Å²) in [7, 11) is 0. The Labute approximate surface area is 220 Å². The molecule has 0 saturated carbocycles. The summed E-state index contributed by atoms with van der Waals surface area (Å²) >= 11 is 0. The highest BCUT2D eigenvalue weighted by Gasteiger charge is 2.26. The van der Waals surface area contributed by atoms with Gasteiger partial charge in [-0.05, 0) is 50.6 Å². The van der Waals surface area contributed by atoms with Gasteiger partial charge in [0.2, 0.25) is 0 Å². The van der Waals surface area contributed by atoms with E-state index < -0.39 is 23.2 Å². The molecule has 0 aliphatic carbocycles. The van der Waals surface area contributed by atoms with Crippen LogP contribution < -0.4 is 11.3 Å². The molecule has 0 bridgehead atoms. The smallest absolute Gasteiger partial charge is 0.266 e. The molecule has 0 unspecified atom stereocenters. The number of benzene rings is 1. The first kappa shape index (κ1) is 24.3. The van der Waals surface area contributed by atoms with Gasteiger partial charge in [-0.1, -0.05) is 12.1 Å². The average Bonchev–Trinajstić information content (AvgIpc) is 3.55. The number of anilines is 1. The third-order valence-corrected chi connectivity index (χ3v) is 6.61. The monoisotopic (exact) mass is 527 g/mol. The van der Waals surface area contributed by atoms with Crippen LogP contribution in [0.5, 0.6) is 0 Å². The highest BCUT2D eigenvalue weighted by Crippen LogP contribution is 2.34. The normalized spacial score (nSPS) is 12.6. The summed E-state index contributed by atoms with van der Waals surface area (Å²) in [5, 5.41) is 9.79. The van der Waals surface area contributed by atoms with Gasteiger partial charge in [0.25, 0.3) is 5.56 Å². The van der Waals surface area contributed by atoms with E-state index in [1.165, 1.54) is 36.7 Å². The van der Waals surface area contributed by atoms with E-state index >= 15 is 0 Å². The summed E-state index contributed by atoms with van der Waals surface area (Å²) in [6, 6.07) is 7.73. The molecule has 6 rings (SSSR count). The van der Waals surface area contributed by atoms with E-state index in [2.05, 4.69) is 15.1 Å². The van der Waals surface area contributed by atoms with Crippen LogP contribution in [-0.2, 0) is 0 Å². The zero-order chi connectivity index (χ0) is 27.4. The molecular weight excluding hydrogens is 504 g/mol. The first-order valence-electron chi connectivity index (χ1n) is 12.2. The van der Waals surface area contributed by atoms with Crippen molar-refractivity contribution in [2.45, 2.75) is 32.9 Å². The molecule has 2 N–H and O–H groups in total. The van der Waals surface area contributed by atoms with Crippen LogP contribution in [0.15, 0.2) is 66.1 Å². The Hall–Kier alpha value is -5.00. The zero-order valence-corrected chi connectivity index (χ0v) is 21.2. The van der Waals surface area contributed by atoms with Gasteiger partial charge in [0.1, 0.15) is 35.1 Å². The van der Waals surface area contributed by atoms with Crippen molar-refractivity contribution in [3.05, 3.63) is 89.0 Å². The van der Waals surface area contributed by atoms with Crippen LogP contribution in [0.1, 0.15) is 38.5 Å². The van der Waals surface area contributed by atoms with E-state index in [1.807, 2.05) is 20.0 Å². The second kappa shape index (κ2) is 9.08. The highest BCUT2D eigenvalue weighted by atomic mass is 19.1. The molecule has 0 aliphatic rings. The number of rotatable bonds is 5. The Balaban J connectivity index is 1.63. The number of pyridine rings is 1. The van der Waals surface area contributed by atoms with Gasteiger partial charge in [-0.15, -0.1) is 0 Å². The number of hydrogen-bond acceptors (Lipinski definition) is 7. The minimum Gasteiger partial charge on any atom is -0.383 e. The lowest BCUT2D eigenvalue weighted by atomic mass is 10.0. The van der Waals surface area contributed by atoms with Gasteiger partial charge in [-0.3, -0.25) is 13.9 Å². The Kier molecular flexibility index (Phi) is 5.67. The first-order chi connectivity index (χ1) is 18.7. The number of fused-ring (bicyclic) bond motifs is 2. The summed E-state index contributed by atoms with van der Waals surface area (Å²) < 4.78 is 32.9. The summed E-state index contributed by atoms with van der Waals surface area (Å²) in [6.07, 6.45) is 5.95. The van der Waals surface area contributed by atoms with Crippen LogP contribution in [0.4, 0.5) is 14.6 Å². The molecule has 6 aromatic rings. The molecule has 1 aromatic carbocycles. The fourth-order valence-electron chi connectivity index (χ4n) is 4.67. The van der Waals surface area contributed by atoms with E-state index in [1.54, 1.807) is 28.6 Å². The topological polar surface area (TPSA) is 122 Å². The van der Waals surface area contributed by atoms with E-state index in [0.717, 1.165) is 10.6 Å². The van der Waals surface area contributed by atoms with Crippen LogP contribution in [0.25, 0.3) is 39.1 Å². The van der Waals surface area contributed by atoms with E-state index in [-0.39, 0.29) is 23.1 Å². The Morgan fingerprint density at radius 1 is 0.974 bits per heavy atom. The molecule has 0 radical (unpaired) electrons. The predicted octanol–water partition coefficient (Wildman–Crippen LogP) is 4.42. The zero-order valence-electron chi connectivity index (χ0n) is 21.2.